The highest BCUT2D eigenvalue weighted by Gasteiger charge is 2.39. The number of carbonyl (C=O) groups is 1. The molecular weight excluding hydrogens is 594 g/mol. The van der Waals surface area contributed by atoms with Gasteiger partial charge in [0.25, 0.3) is 5.69 Å². The van der Waals surface area contributed by atoms with Crippen LogP contribution in [0.4, 0.5) is 43.4 Å². The molecule has 1 atom stereocenters. The Bertz CT molecular complexity index is 1500. The predicted molar refractivity (Wildman–Crippen MR) is 151 cm³/mol. The van der Waals surface area contributed by atoms with Crippen LogP contribution in [0.3, 0.4) is 0 Å². The third-order valence-electron chi connectivity index (χ3n) is 8.18. The maximum Gasteiger partial charge on any atom is 0.423 e. The molecule has 44 heavy (non-hydrogen) atoms. The third kappa shape index (κ3) is 7.24. The van der Waals surface area contributed by atoms with Gasteiger partial charge >= 0.3 is 12.4 Å². The first-order valence-electron chi connectivity index (χ1n) is 14.1. The van der Waals surface area contributed by atoms with Crippen molar-refractivity contribution in [3.05, 3.63) is 75.8 Å². The minimum Gasteiger partial charge on any atom is -0.382 e. The summed E-state index contributed by atoms with van der Waals surface area (Å²) in [6.45, 7) is 2.25. The minimum atomic E-state index is -4.86. The average Bonchev–Trinajstić information content (AvgIpc) is 2.99. The van der Waals surface area contributed by atoms with Gasteiger partial charge in [0.05, 0.1) is 16.6 Å². The van der Waals surface area contributed by atoms with Crippen LogP contribution in [0.5, 0.6) is 0 Å². The molecule has 1 saturated heterocycles. The number of hydrogen-bond acceptors (Lipinski definition) is 7. The summed E-state index contributed by atoms with van der Waals surface area (Å²) < 4.78 is 85.2. The third-order valence-corrected chi connectivity index (χ3v) is 8.18. The van der Waals surface area contributed by atoms with Gasteiger partial charge in [-0.05, 0) is 72.9 Å². The number of aldehydes is 1. The number of carbonyl (C=O) groups excluding carboxylic acids is 1. The van der Waals surface area contributed by atoms with E-state index in [0.29, 0.717) is 62.6 Å². The van der Waals surface area contributed by atoms with E-state index in [9.17, 15) is 41.3 Å². The van der Waals surface area contributed by atoms with Crippen molar-refractivity contribution >= 4 is 34.1 Å². The van der Waals surface area contributed by atoms with Crippen LogP contribution >= 0.6 is 0 Å². The lowest BCUT2D eigenvalue weighted by Gasteiger charge is -2.40. The maximum absolute atomic E-state index is 13.3. The Morgan fingerprint density at radius 3 is 2.14 bits per heavy atom. The number of nitrogens with zero attached hydrogens (tertiary/aromatic N) is 3. The van der Waals surface area contributed by atoms with Crippen LogP contribution < -0.4 is 10.2 Å². The second-order valence-electron chi connectivity index (χ2n) is 11.0. The number of anilines is 2. The monoisotopic (exact) mass is 624 g/mol. The molecule has 14 heteroatoms. The zero-order chi connectivity index (χ0) is 31.6. The zero-order valence-electron chi connectivity index (χ0n) is 23.4. The highest BCUT2D eigenvalue weighted by Crippen LogP contribution is 2.38. The number of nitro groups is 1. The predicted octanol–water partition coefficient (Wildman–Crippen LogP) is 6.87. The van der Waals surface area contributed by atoms with Crippen molar-refractivity contribution in [2.45, 2.75) is 56.4 Å². The van der Waals surface area contributed by atoms with Crippen molar-refractivity contribution in [3.8, 4) is 0 Å². The molecule has 2 aliphatic rings. The first kappa shape index (κ1) is 31.5. The normalized spacial score (nSPS) is 20.8. The summed E-state index contributed by atoms with van der Waals surface area (Å²) in [6.07, 6.45) is -7.18. The summed E-state index contributed by atoms with van der Waals surface area (Å²) in [5.74, 6) is 0. The van der Waals surface area contributed by atoms with Crippen molar-refractivity contribution < 1.29 is 40.8 Å². The Morgan fingerprint density at radius 2 is 1.52 bits per heavy atom. The average molecular weight is 625 g/mol. The lowest BCUT2D eigenvalue weighted by Crippen LogP contribution is -2.52. The number of nitrogens with one attached hydrogen (secondary N) is 1. The number of ether oxygens (including phenoxy) is 1. The first-order valence-corrected chi connectivity index (χ1v) is 14.1. The van der Waals surface area contributed by atoms with Gasteiger partial charge in [0.15, 0.2) is 12.5 Å². The number of hydrogen-bond donors (Lipinski definition) is 1. The topological polar surface area (TPSA) is 87.9 Å². The van der Waals surface area contributed by atoms with Crippen molar-refractivity contribution in [1.29, 1.82) is 0 Å². The van der Waals surface area contributed by atoms with Gasteiger partial charge in [-0.1, -0.05) is 12.1 Å². The van der Waals surface area contributed by atoms with E-state index in [1.54, 1.807) is 12.1 Å². The summed E-state index contributed by atoms with van der Waals surface area (Å²) in [4.78, 5) is 25.9. The molecule has 1 heterocycles. The second kappa shape index (κ2) is 12.6. The van der Waals surface area contributed by atoms with Gasteiger partial charge in [0.1, 0.15) is 5.56 Å². The molecule has 1 aliphatic carbocycles. The van der Waals surface area contributed by atoms with Crippen LogP contribution in [-0.2, 0) is 21.9 Å². The number of benzene rings is 3. The molecule has 0 spiro atoms. The molecule has 1 unspecified atom stereocenters. The van der Waals surface area contributed by atoms with E-state index in [2.05, 4.69) is 10.2 Å². The number of nitro benzene ring substituents is 1. The Hall–Kier alpha value is -3.91. The maximum atomic E-state index is 13.3. The van der Waals surface area contributed by atoms with E-state index in [-0.39, 0.29) is 17.8 Å². The Labute approximate surface area is 248 Å². The first-order chi connectivity index (χ1) is 20.8. The summed E-state index contributed by atoms with van der Waals surface area (Å²) in [5, 5.41) is 15.2. The number of halogens is 6. The molecule has 1 aliphatic heterocycles. The summed E-state index contributed by atoms with van der Waals surface area (Å²) >= 11 is 0. The molecule has 2 fully saturated rings. The van der Waals surface area contributed by atoms with Gasteiger partial charge < -0.3 is 15.0 Å². The fraction of sp³-hybridized carbons (Fsp3) is 0.433. The van der Waals surface area contributed by atoms with Crippen molar-refractivity contribution in [2.75, 3.05) is 36.4 Å². The SMILES string of the molecule is O=CC(OC1CCC(Nc2ccc([N+](=O)[O-])c(C(F)(F)F)c2)CC1)N1CCN(c2ccc3cc(C(F)(F)F)ccc3c2)CC1. The molecular formula is C30H30F6N4O4. The lowest BCUT2D eigenvalue weighted by atomic mass is 9.92. The van der Waals surface area contributed by atoms with Gasteiger partial charge in [-0.15, -0.1) is 0 Å². The number of piperazine rings is 1. The highest BCUT2D eigenvalue weighted by molar-refractivity contribution is 5.86. The van der Waals surface area contributed by atoms with Crippen LogP contribution in [0.1, 0.15) is 36.8 Å². The molecule has 3 aromatic carbocycles. The number of alkyl halides is 6. The van der Waals surface area contributed by atoms with Crippen molar-refractivity contribution in [1.82, 2.24) is 4.90 Å². The molecule has 5 rings (SSSR count). The molecule has 236 valence electrons. The molecule has 1 saturated carbocycles. The molecule has 8 nitrogen and oxygen atoms in total. The van der Waals surface area contributed by atoms with E-state index in [1.807, 2.05) is 11.0 Å². The molecule has 0 bridgehead atoms. The van der Waals surface area contributed by atoms with Crippen LogP contribution in [-0.4, -0.2) is 60.7 Å². The molecule has 1 N–H and O–H groups in total. The lowest BCUT2D eigenvalue weighted by molar-refractivity contribution is -0.388. The van der Waals surface area contributed by atoms with E-state index in [0.717, 1.165) is 36.2 Å². The van der Waals surface area contributed by atoms with Crippen molar-refractivity contribution in [3.63, 3.8) is 0 Å². The van der Waals surface area contributed by atoms with Crippen LogP contribution in [0.25, 0.3) is 10.8 Å². The quantitative estimate of drug-likeness (QED) is 0.127. The van der Waals surface area contributed by atoms with E-state index < -0.39 is 40.3 Å². The van der Waals surface area contributed by atoms with Gasteiger partial charge in [-0.3, -0.25) is 19.8 Å². The standard InChI is InChI=1S/C30H30F6N4O4/c31-29(32,33)21-3-1-20-16-24(7-2-19(20)15-21)38-11-13-39(14-12-38)28(18-41)44-25-8-4-22(5-9-25)37-23-6-10-27(40(42)43)26(17-23)30(34,35)36/h1-3,6-7,10,15-18,22,25,28,37H,4-5,8-9,11-14H2. The summed E-state index contributed by atoms with van der Waals surface area (Å²) in [6, 6.07) is 11.7. The number of fused-ring (bicyclic) bond motifs is 1. The smallest absolute Gasteiger partial charge is 0.382 e. The number of rotatable bonds is 8. The molecule has 3 aromatic rings. The molecule has 0 amide bonds. The largest absolute Gasteiger partial charge is 0.423 e. The van der Waals surface area contributed by atoms with E-state index in [4.69, 9.17) is 4.74 Å². The molecule has 0 aromatic heterocycles. The highest BCUT2D eigenvalue weighted by atomic mass is 19.4. The van der Waals surface area contributed by atoms with E-state index in [1.165, 1.54) is 12.1 Å². The summed E-state index contributed by atoms with van der Waals surface area (Å²) in [7, 11) is 0. The Kier molecular flexibility index (Phi) is 9.02. The van der Waals surface area contributed by atoms with Gasteiger partial charge in [0, 0.05) is 49.7 Å². The van der Waals surface area contributed by atoms with E-state index >= 15 is 0 Å². The van der Waals surface area contributed by atoms with Gasteiger partial charge in [0.2, 0.25) is 0 Å². The molecule has 0 radical (unpaired) electrons. The van der Waals surface area contributed by atoms with Crippen LogP contribution in [0.2, 0.25) is 0 Å². The second-order valence-corrected chi connectivity index (χ2v) is 11.0. The van der Waals surface area contributed by atoms with Crippen LogP contribution in [0, 0.1) is 10.1 Å². The van der Waals surface area contributed by atoms with Crippen molar-refractivity contribution in [2.24, 2.45) is 0 Å². The fourth-order valence-electron chi connectivity index (χ4n) is 5.83. The minimum absolute atomic E-state index is 0.147. The van der Waals surface area contributed by atoms with Gasteiger partial charge in [-0.25, -0.2) is 0 Å². The van der Waals surface area contributed by atoms with Gasteiger partial charge in [-0.2, -0.15) is 26.3 Å². The Balaban J connectivity index is 1.12. The fourth-order valence-corrected chi connectivity index (χ4v) is 5.83. The summed E-state index contributed by atoms with van der Waals surface area (Å²) in [5.41, 5.74) is -1.98. The van der Waals surface area contributed by atoms with Crippen LogP contribution in [0.15, 0.2) is 54.6 Å². The zero-order valence-corrected chi connectivity index (χ0v) is 23.4. The Morgan fingerprint density at radius 1 is 0.864 bits per heavy atom.